The van der Waals surface area contributed by atoms with Gasteiger partial charge >= 0.3 is 0 Å². The Hall–Kier alpha value is -2.36. The van der Waals surface area contributed by atoms with Crippen LogP contribution in [0.3, 0.4) is 0 Å². The molecule has 3 rings (SSSR count). The Morgan fingerprint density at radius 1 is 1.04 bits per heavy atom. The van der Waals surface area contributed by atoms with Crippen molar-refractivity contribution in [2.45, 2.75) is 19.3 Å². The van der Waals surface area contributed by atoms with Gasteiger partial charge in [-0.1, -0.05) is 30.3 Å². The van der Waals surface area contributed by atoms with E-state index in [0.29, 0.717) is 5.92 Å². The van der Waals surface area contributed by atoms with Gasteiger partial charge in [-0.3, -0.25) is 4.79 Å². The number of hydrogen-bond acceptors (Lipinski definition) is 2. The summed E-state index contributed by atoms with van der Waals surface area (Å²) < 4.78 is 18.5. The zero-order valence-corrected chi connectivity index (χ0v) is 13.7. The SMILES string of the molecule is O=C(COc1ccccc1)N1CCC(Cc2ccc(F)cc2)CC1. The second-order valence-corrected chi connectivity index (χ2v) is 6.26. The van der Waals surface area contributed by atoms with Crippen molar-refractivity contribution in [3.63, 3.8) is 0 Å². The Morgan fingerprint density at radius 2 is 1.71 bits per heavy atom. The minimum absolute atomic E-state index is 0.0408. The number of ether oxygens (including phenoxy) is 1. The normalized spacial score (nSPS) is 15.3. The molecule has 0 aliphatic carbocycles. The molecule has 2 aromatic carbocycles. The van der Waals surface area contributed by atoms with Gasteiger partial charge in [0.25, 0.3) is 5.91 Å². The van der Waals surface area contributed by atoms with Gasteiger partial charge in [0.1, 0.15) is 11.6 Å². The van der Waals surface area contributed by atoms with Crippen LogP contribution >= 0.6 is 0 Å². The molecule has 2 aromatic rings. The van der Waals surface area contributed by atoms with Gasteiger partial charge in [0.15, 0.2) is 6.61 Å². The number of rotatable bonds is 5. The predicted molar refractivity (Wildman–Crippen MR) is 91.3 cm³/mol. The molecule has 126 valence electrons. The van der Waals surface area contributed by atoms with Crippen molar-refractivity contribution >= 4 is 5.91 Å². The largest absolute Gasteiger partial charge is 0.484 e. The van der Waals surface area contributed by atoms with Crippen molar-refractivity contribution in [1.82, 2.24) is 4.90 Å². The molecule has 1 fully saturated rings. The molecular weight excluding hydrogens is 305 g/mol. The van der Waals surface area contributed by atoms with Crippen LogP contribution in [0.5, 0.6) is 5.75 Å². The number of carbonyl (C=O) groups excluding carboxylic acids is 1. The number of para-hydroxylation sites is 1. The van der Waals surface area contributed by atoms with E-state index in [1.807, 2.05) is 47.4 Å². The second-order valence-electron chi connectivity index (χ2n) is 6.26. The third kappa shape index (κ3) is 4.57. The number of nitrogens with zero attached hydrogens (tertiary/aromatic N) is 1. The van der Waals surface area contributed by atoms with Gasteiger partial charge in [-0.25, -0.2) is 4.39 Å². The van der Waals surface area contributed by atoms with Crippen LogP contribution in [0.25, 0.3) is 0 Å². The minimum Gasteiger partial charge on any atom is -0.484 e. The third-order valence-electron chi connectivity index (χ3n) is 4.51. The Morgan fingerprint density at radius 3 is 2.38 bits per heavy atom. The summed E-state index contributed by atoms with van der Waals surface area (Å²) in [5.74, 6) is 1.11. The molecule has 4 heteroatoms. The quantitative estimate of drug-likeness (QED) is 0.838. The summed E-state index contributed by atoms with van der Waals surface area (Å²) in [5, 5.41) is 0. The molecule has 1 amide bonds. The van der Waals surface area contributed by atoms with Gasteiger partial charge in [0, 0.05) is 13.1 Å². The number of likely N-dealkylation sites (tertiary alicyclic amines) is 1. The first-order chi connectivity index (χ1) is 11.7. The van der Waals surface area contributed by atoms with Crippen LogP contribution in [-0.4, -0.2) is 30.5 Å². The van der Waals surface area contributed by atoms with Gasteiger partial charge in [-0.05, 0) is 55.0 Å². The fourth-order valence-corrected chi connectivity index (χ4v) is 3.09. The zero-order chi connectivity index (χ0) is 16.8. The Bertz CT molecular complexity index is 649. The maximum absolute atomic E-state index is 12.9. The summed E-state index contributed by atoms with van der Waals surface area (Å²) >= 11 is 0. The number of piperidine rings is 1. The van der Waals surface area contributed by atoms with Gasteiger partial charge in [-0.2, -0.15) is 0 Å². The van der Waals surface area contributed by atoms with Crippen molar-refractivity contribution < 1.29 is 13.9 Å². The van der Waals surface area contributed by atoms with Crippen molar-refractivity contribution in [3.8, 4) is 5.75 Å². The van der Waals surface area contributed by atoms with Crippen molar-refractivity contribution in [2.24, 2.45) is 5.92 Å². The minimum atomic E-state index is -0.197. The van der Waals surface area contributed by atoms with E-state index in [4.69, 9.17) is 4.74 Å². The lowest BCUT2D eigenvalue weighted by Crippen LogP contribution is -2.41. The summed E-state index contributed by atoms with van der Waals surface area (Å²) in [6.07, 6.45) is 2.91. The van der Waals surface area contributed by atoms with Gasteiger partial charge in [0.2, 0.25) is 0 Å². The molecule has 0 aromatic heterocycles. The van der Waals surface area contributed by atoms with Crippen LogP contribution in [0.4, 0.5) is 4.39 Å². The van der Waals surface area contributed by atoms with Crippen molar-refractivity contribution in [2.75, 3.05) is 19.7 Å². The zero-order valence-electron chi connectivity index (χ0n) is 13.7. The van der Waals surface area contributed by atoms with E-state index in [2.05, 4.69) is 0 Å². The van der Waals surface area contributed by atoms with Gasteiger partial charge in [0.05, 0.1) is 0 Å². The van der Waals surface area contributed by atoms with Crippen molar-refractivity contribution in [3.05, 3.63) is 66.0 Å². The van der Waals surface area contributed by atoms with Crippen LogP contribution in [0.1, 0.15) is 18.4 Å². The third-order valence-corrected chi connectivity index (χ3v) is 4.51. The monoisotopic (exact) mass is 327 g/mol. The molecule has 0 atom stereocenters. The topological polar surface area (TPSA) is 29.5 Å². The van der Waals surface area contributed by atoms with Crippen LogP contribution in [0.2, 0.25) is 0 Å². The lowest BCUT2D eigenvalue weighted by Gasteiger charge is -2.32. The van der Waals surface area contributed by atoms with Gasteiger partial charge < -0.3 is 9.64 Å². The van der Waals surface area contributed by atoms with E-state index in [9.17, 15) is 9.18 Å². The molecule has 0 bridgehead atoms. The molecule has 3 nitrogen and oxygen atoms in total. The number of hydrogen-bond donors (Lipinski definition) is 0. The fourth-order valence-electron chi connectivity index (χ4n) is 3.09. The van der Waals surface area contributed by atoms with E-state index >= 15 is 0 Å². The predicted octanol–water partition coefficient (Wildman–Crippen LogP) is 3.69. The highest BCUT2D eigenvalue weighted by Gasteiger charge is 2.23. The summed E-state index contributed by atoms with van der Waals surface area (Å²) in [5.41, 5.74) is 1.16. The molecule has 0 spiro atoms. The van der Waals surface area contributed by atoms with Crippen LogP contribution in [-0.2, 0) is 11.2 Å². The molecule has 24 heavy (non-hydrogen) atoms. The molecule has 1 aliphatic rings. The highest BCUT2D eigenvalue weighted by Crippen LogP contribution is 2.22. The number of carbonyl (C=O) groups is 1. The van der Waals surface area contributed by atoms with E-state index in [-0.39, 0.29) is 18.3 Å². The number of amides is 1. The van der Waals surface area contributed by atoms with E-state index in [0.717, 1.165) is 43.7 Å². The Labute approximate surface area is 142 Å². The first-order valence-electron chi connectivity index (χ1n) is 8.41. The smallest absolute Gasteiger partial charge is 0.260 e. The average Bonchev–Trinajstić information content (AvgIpc) is 2.63. The van der Waals surface area contributed by atoms with Crippen LogP contribution < -0.4 is 4.74 Å². The first kappa shape index (κ1) is 16.5. The Balaban J connectivity index is 1.42. The first-order valence-corrected chi connectivity index (χ1v) is 8.41. The van der Waals surface area contributed by atoms with E-state index in [1.54, 1.807) is 0 Å². The summed E-state index contributed by atoms with van der Waals surface area (Å²) in [4.78, 5) is 14.1. The molecule has 1 saturated heterocycles. The maximum atomic E-state index is 12.9. The maximum Gasteiger partial charge on any atom is 0.260 e. The lowest BCUT2D eigenvalue weighted by molar-refractivity contribution is -0.134. The molecular formula is C20H22FNO2. The van der Waals surface area contributed by atoms with Crippen LogP contribution in [0.15, 0.2) is 54.6 Å². The second kappa shape index (κ2) is 7.95. The summed E-state index contributed by atoms with van der Waals surface area (Å²) in [6, 6.07) is 16.1. The van der Waals surface area contributed by atoms with E-state index in [1.165, 1.54) is 12.1 Å². The summed E-state index contributed by atoms with van der Waals surface area (Å²) in [7, 11) is 0. The molecule has 0 radical (unpaired) electrons. The number of halogens is 1. The standard InChI is InChI=1S/C20H22FNO2/c21-18-8-6-16(7-9-18)14-17-10-12-22(13-11-17)20(23)15-24-19-4-2-1-3-5-19/h1-9,17H,10-15H2. The number of benzene rings is 2. The molecule has 0 N–H and O–H groups in total. The molecule has 0 unspecified atom stereocenters. The van der Waals surface area contributed by atoms with Crippen LogP contribution in [0, 0.1) is 11.7 Å². The highest BCUT2D eigenvalue weighted by atomic mass is 19.1. The Kier molecular flexibility index (Phi) is 5.47. The van der Waals surface area contributed by atoms with Crippen molar-refractivity contribution in [1.29, 1.82) is 0 Å². The van der Waals surface area contributed by atoms with E-state index < -0.39 is 0 Å². The van der Waals surface area contributed by atoms with Gasteiger partial charge in [-0.15, -0.1) is 0 Å². The highest BCUT2D eigenvalue weighted by molar-refractivity contribution is 5.77. The fraction of sp³-hybridized carbons (Fsp3) is 0.350. The molecule has 0 saturated carbocycles. The summed E-state index contributed by atoms with van der Waals surface area (Å²) in [6.45, 7) is 1.62. The average molecular weight is 327 g/mol. The lowest BCUT2D eigenvalue weighted by atomic mass is 9.90. The molecule has 1 heterocycles. The molecule has 1 aliphatic heterocycles.